The van der Waals surface area contributed by atoms with Gasteiger partial charge < -0.3 is 4.74 Å². The highest BCUT2D eigenvalue weighted by atomic mass is 16.5. The lowest BCUT2D eigenvalue weighted by molar-refractivity contribution is 0.339. The van der Waals surface area contributed by atoms with Crippen LogP contribution in [0.4, 0.5) is 0 Å². The van der Waals surface area contributed by atoms with Gasteiger partial charge in [-0.3, -0.25) is 0 Å². The number of hydrogen-bond acceptors (Lipinski definition) is 1. The Labute approximate surface area is 98.8 Å². The van der Waals surface area contributed by atoms with Gasteiger partial charge in [-0.25, -0.2) is 0 Å². The number of rotatable bonds is 4. The van der Waals surface area contributed by atoms with Gasteiger partial charge >= 0.3 is 0 Å². The van der Waals surface area contributed by atoms with Crippen molar-refractivity contribution in [3.05, 3.63) is 28.8 Å². The Morgan fingerprint density at radius 1 is 1.31 bits per heavy atom. The standard InChI is InChI=1S/C15H20O/c1-6-8-11(3)15-12(4)9-14(16-7-2)10-13(15)5/h1,9-11H,7-8H2,2-5H3. The van der Waals surface area contributed by atoms with Gasteiger partial charge in [0.25, 0.3) is 0 Å². The van der Waals surface area contributed by atoms with Crippen LogP contribution in [0.15, 0.2) is 12.1 Å². The largest absolute Gasteiger partial charge is 0.494 e. The molecule has 0 radical (unpaired) electrons. The molecule has 0 bridgehead atoms. The molecule has 0 heterocycles. The van der Waals surface area contributed by atoms with Gasteiger partial charge in [0.2, 0.25) is 0 Å². The Balaban J connectivity index is 3.08. The van der Waals surface area contributed by atoms with Crippen LogP contribution >= 0.6 is 0 Å². The third-order valence-corrected chi connectivity index (χ3v) is 2.80. The maximum absolute atomic E-state index is 5.52. The van der Waals surface area contributed by atoms with Gasteiger partial charge in [0.15, 0.2) is 0 Å². The van der Waals surface area contributed by atoms with Gasteiger partial charge in [0.1, 0.15) is 5.75 Å². The number of benzene rings is 1. The summed E-state index contributed by atoms with van der Waals surface area (Å²) in [6.07, 6.45) is 6.16. The first kappa shape index (κ1) is 12.6. The first-order valence-corrected chi connectivity index (χ1v) is 5.77. The van der Waals surface area contributed by atoms with E-state index in [9.17, 15) is 0 Å². The van der Waals surface area contributed by atoms with Gasteiger partial charge in [-0.15, -0.1) is 12.3 Å². The fourth-order valence-corrected chi connectivity index (χ4v) is 2.24. The zero-order chi connectivity index (χ0) is 12.1. The summed E-state index contributed by atoms with van der Waals surface area (Å²) in [6.45, 7) is 9.13. The molecule has 0 amide bonds. The molecule has 86 valence electrons. The molecule has 0 aliphatic carbocycles. The minimum Gasteiger partial charge on any atom is -0.494 e. The third-order valence-electron chi connectivity index (χ3n) is 2.80. The molecule has 1 aromatic carbocycles. The molecule has 0 aliphatic rings. The van der Waals surface area contributed by atoms with Crippen molar-refractivity contribution in [1.29, 1.82) is 0 Å². The van der Waals surface area contributed by atoms with Gasteiger partial charge in [0, 0.05) is 6.42 Å². The van der Waals surface area contributed by atoms with E-state index in [2.05, 4.69) is 38.8 Å². The highest BCUT2D eigenvalue weighted by Crippen LogP contribution is 2.29. The highest BCUT2D eigenvalue weighted by molar-refractivity contribution is 5.43. The molecule has 1 nitrogen and oxygen atoms in total. The Morgan fingerprint density at radius 2 is 1.88 bits per heavy atom. The monoisotopic (exact) mass is 216 g/mol. The van der Waals surface area contributed by atoms with Gasteiger partial charge in [-0.2, -0.15) is 0 Å². The van der Waals surface area contributed by atoms with Gasteiger partial charge in [0.05, 0.1) is 6.61 Å². The second kappa shape index (κ2) is 5.61. The predicted octanol–water partition coefficient (Wildman–Crippen LogP) is 3.83. The molecule has 0 saturated carbocycles. The SMILES string of the molecule is C#CCC(C)c1c(C)cc(OCC)cc1C. The van der Waals surface area contributed by atoms with Crippen molar-refractivity contribution in [2.45, 2.75) is 40.0 Å². The molecule has 1 unspecified atom stereocenters. The van der Waals surface area contributed by atoms with Crippen LogP contribution in [0.3, 0.4) is 0 Å². The quantitative estimate of drug-likeness (QED) is 0.695. The van der Waals surface area contributed by atoms with Crippen molar-refractivity contribution in [2.24, 2.45) is 0 Å². The van der Waals surface area contributed by atoms with E-state index in [0.717, 1.165) is 12.2 Å². The Hall–Kier alpha value is -1.42. The van der Waals surface area contributed by atoms with E-state index < -0.39 is 0 Å². The molecule has 0 aromatic heterocycles. The molecule has 1 heteroatoms. The van der Waals surface area contributed by atoms with Crippen LogP contribution < -0.4 is 4.74 Å². The number of ether oxygens (including phenoxy) is 1. The zero-order valence-electron chi connectivity index (χ0n) is 10.6. The second-order valence-corrected chi connectivity index (χ2v) is 4.21. The van der Waals surface area contributed by atoms with E-state index in [-0.39, 0.29) is 0 Å². The minimum absolute atomic E-state index is 0.417. The second-order valence-electron chi connectivity index (χ2n) is 4.21. The molecular weight excluding hydrogens is 196 g/mol. The van der Waals surface area contributed by atoms with Crippen molar-refractivity contribution in [1.82, 2.24) is 0 Å². The molecule has 16 heavy (non-hydrogen) atoms. The first-order chi connectivity index (χ1) is 7.60. The molecule has 0 saturated heterocycles. The van der Waals surface area contributed by atoms with E-state index in [1.165, 1.54) is 16.7 Å². The van der Waals surface area contributed by atoms with E-state index in [4.69, 9.17) is 11.2 Å². The van der Waals surface area contributed by atoms with Crippen LogP contribution in [-0.4, -0.2) is 6.61 Å². The van der Waals surface area contributed by atoms with Crippen molar-refractivity contribution in [3.63, 3.8) is 0 Å². The third kappa shape index (κ3) is 2.79. The summed E-state index contributed by atoms with van der Waals surface area (Å²) < 4.78 is 5.52. The summed E-state index contributed by atoms with van der Waals surface area (Å²) in [5.41, 5.74) is 3.90. The van der Waals surface area contributed by atoms with Crippen LogP contribution in [-0.2, 0) is 0 Å². The lowest BCUT2D eigenvalue weighted by atomic mass is 9.90. The Kier molecular flexibility index (Phi) is 4.43. The van der Waals surface area contributed by atoms with Crippen LogP contribution in [0, 0.1) is 26.2 Å². The highest BCUT2D eigenvalue weighted by Gasteiger charge is 2.11. The minimum atomic E-state index is 0.417. The molecule has 1 rings (SSSR count). The van der Waals surface area contributed by atoms with E-state index in [1.54, 1.807) is 0 Å². The van der Waals surface area contributed by atoms with E-state index in [0.29, 0.717) is 12.5 Å². The van der Waals surface area contributed by atoms with Crippen molar-refractivity contribution in [2.75, 3.05) is 6.61 Å². The molecule has 1 atom stereocenters. The summed E-state index contributed by atoms with van der Waals surface area (Å²) in [6, 6.07) is 4.19. The fourth-order valence-electron chi connectivity index (χ4n) is 2.24. The maximum Gasteiger partial charge on any atom is 0.119 e. The smallest absolute Gasteiger partial charge is 0.119 e. The molecule has 0 N–H and O–H groups in total. The molecule has 0 aliphatic heterocycles. The van der Waals surface area contributed by atoms with Gasteiger partial charge in [-0.05, 0) is 55.5 Å². The summed E-state index contributed by atoms with van der Waals surface area (Å²) >= 11 is 0. The molecule has 1 aromatic rings. The number of aryl methyl sites for hydroxylation is 2. The zero-order valence-corrected chi connectivity index (χ0v) is 10.6. The predicted molar refractivity (Wildman–Crippen MR) is 69.0 cm³/mol. The lowest BCUT2D eigenvalue weighted by Crippen LogP contribution is -2.01. The molecule has 0 spiro atoms. The van der Waals surface area contributed by atoms with E-state index >= 15 is 0 Å². The summed E-state index contributed by atoms with van der Waals surface area (Å²) in [7, 11) is 0. The average Bonchev–Trinajstić information content (AvgIpc) is 2.17. The average molecular weight is 216 g/mol. The summed E-state index contributed by atoms with van der Waals surface area (Å²) in [5, 5.41) is 0. The van der Waals surface area contributed by atoms with Crippen LogP contribution in [0.2, 0.25) is 0 Å². The van der Waals surface area contributed by atoms with Crippen molar-refractivity contribution < 1.29 is 4.74 Å². The first-order valence-electron chi connectivity index (χ1n) is 5.77. The Bertz CT molecular complexity index is 375. The summed E-state index contributed by atoms with van der Waals surface area (Å²) in [5.74, 6) is 4.10. The van der Waals surface area contributed by atoms with Crippen molar-refractivity contribution >= 4 is 0 Å². The molecule has 0 fully saturated rings. The fraction of sp³-hybridized carbons (Fsp3) is 0.467. The Morgan fingerprint density at radius 3 is 2.31 bits per heavy atom. The van der Waals surface area contributed by atoms with Crippen LogP contribution in [0.25, 0.3) is 0 Å². The summed E-state index contributed by atoms with van der Waals surface area (Å²) in [4.78, 5) is 0. The normalized spacial score (nSPS) is 11.9. The molecular formula is C15H20O. The maximum atomic E-state index is 5.52. The lowest BCUT2D eigenvalue weighted by Gasteiger charge is -2.17. The van der Waals surface area contributed by atoms with Gasteiger partial charge in [-0.1, -0.05) is 6.92 Å². The topological polar surface area (TPSA) is 9.23 Å². The van der Waals surface area contributed by atoms with Crippen LogP contribution in [0.5, 0.6) is 5.75 Å². The number of hydrogen-bond donors (Lipinski definition) is 0. The van der Waals surface area contributed by atoms with Crippen LogP contribution in [0.1, 0.15) is 42.9 Å². The number of terminal acetylenes is 1. The van der Waals surface area contributed by atoms with E-state index in [1.807, 2.05) is 6.92 Å². The van der Waals surface area contributed by atoms with Crippen molar-refractivity contribution in [3.8, 4) is 18.1 Å².